The minimum absolute atomic E-state index is 0.000137. The Balaban J connectivity index is 2.07. The first kappa shape index (κ1) is 24.0. The third-order valence-corrected chi connectivity index (χ3v) is 5.66. The van der Waals surface area contributed by atoms with E-state index < -0.39 is 5.97 Å². The van der Waals surface area contributed by atoms with Crippen molar-refractivity contribution in [1.82, 2.24) is 4.57 Å². The van der Waals surface area contributed by atoms with Crippen LogP contribution in [0.2, 0.25) is 0 Å². The SMILES string of the molecule is CCCCCCCCCCCC(=O)c1c(C(=O)OCC)n(C)c2ccc(OC)cc12. The molecule has 30 heavy (non-hydrogen) atoms. The Bertz CT molecular complexity index is 837. The Morgan fingerprint density at radius 1 is 0.933 bits per heavy atom. The van der Waals surface area contributed by atoms with Crippen molar-refractivity contribution >= 4 is 22.7 Å². The molecule has 0 saturated heterocycles. The first-order chi connectivity index (χ1) is 14.5. The van der Waals surface area contributed by atoms with Crippen LogP contribution in [0.1, 0.15) is 98.9 Å². The van der Waals surface area contributed by atoms with Gasteiger partial charge in [0.1, 0.15) is 11.4 Å². The minimum atomic E-state index is -0.453. The Labute approximate surface area is 180 Å². The number of fused-ring (bicyclic) bond motifs is 1. The Morgan fingerprint density at radius 3 is 2.17 bits per heavy atom. The molecule has 1 aromatic carbocycles. The van der Waals surface area contributed by atoms with Crippen LogP contribution in [-0.4, -0.2) is 30.0 Å². The summed E-state index contributed by atoms with van der Waals surface area (Å²) in [4.78, 5) is 25.8. The van der Waals surface area contributed by atoms with Crippen molar-refractivity contribution in [3.63, 3.8) is 0 Å². The van der Waals surface area contributed by atoms with Gasteiger partial charge in [0.2, 0.25) is 0 Å². The number of unbranched alkanes of at least 4 members (excludes halogenated alkanes) is 8. The fraction of sp³-hybridized carbons (Fsp3) is 0.600. The number of carbonyl (C=O) groups excluding carboxylic acids is 2. The molecule has 166 valence electrons. The highest BCUT2D eigenvalue weighted by molar-refractivity contribution is 6.15. The van der Waals surface area contributed by atoms with Crippen molar-refractivity contribution in [2.45, 2.75) is 78.1 Å². The van der Waals surface area contributed by atoms with Crippen molar-refractivity contribution in [3.05, 3.63) is 29.5 Å². The molecule has 0 bridgehead atoms. The van der Waals surface area contributed by atoms with Crippen LogP contribution < -0.4 is 4.74 Å². The number of benzene rings is 1. The lowest BCUT2D eigenvalue weighted by molar-refractivity contribution is 0.0512. The minimum Gasteiger partial charge on any atom is -0.497 e. The Morgan fingerprint density at radius 2 is 1.57 bits per heavy atom. The van der Waals surface area contributed by atoms with E-state index in [1.54, 1.807) is 25.6 Å². The summed E-state index contributed by atoms with van der Waals surface area (Å²) in [6.45, 7) is 4.28. The van der Waals surface area contributed by atoms with Crippen LogP contribution in [0.15, 0.2) is 18.2 Å². The molecular weight excluding hydrogens is 378 g/mol. The molecule has 2 rings (SSSR count). The molecule has 5 nitrogen and oxygen atoms in total. The van der Waals surface area contributed by atoms with Gasteiger partial charge in [-0.15, -0.1) is 0 Å². The third-order valence-electron chi connectivity index (χ3n) is 5.66. The van der Waals surface area contributed by atoms with Crippen LogP contribution in [-0.2, 0) is 11.8 Å². The molecular formula is C25H37NO4. The number of ether oxygens (including phenoxy) is 2. The molecule has 2 aromatic rings. The predicted octanol–water partition coefficient (Wildman–Crippen LogP) is 6.47. The maximum Gasteiger partial charge on any atom is 0.355 e. The lowest BCUT2D eigenvalue weighted by Gasteiger charge is -2.07. The summed E-state index contributed by atoms with van der Waals surface area (Å²) in [6, 6.07) is 5.56. The van der Waals surface area contributed by atoms with Crippen molar-refractivity contribution in [1.29, 1.82) is 0 Å². The number of methoxy groups -OCH3 is 1. The molecule has 1 heterocycles. The molecule has 5 heteroatoms. The van der Waals surface area contributed by atoms with E-state index in [1.807, 2.05) is 18.2 Å². The molecule has 0 radical (unpaired) electrons. The van der Waals surface area contributed by atoms with Gasteiger partial charge < -0.3 is 14.0 Å². The van der Waals surface area contributed by atoms with Gasteiger partial charge >= 0.3 is 5.97 Å². The van der Waals surface area contributed by atoms with Crippen LogP contribution in [0.3, 0.4) is 0 Å². The number of esters is 1. The van der Waals surface area contributed by atoms with Gasteiger partial charge in [0.05, 0.1) is 19.3 Å². The molecule has 0 unspecified atom stereocenters. The standard InChI is InChI=1S/C25H37NO4/c1-5-7-8-9-10-11-12-13-14-15-22(27)23-20-18-19(29-4)16-17-21(20)26(3)24(23)25(28)30-6-2/h16-18H,5-15H2,1-4H3. The van der Waals surface area contributed by atoms with Crippen molar-refractivity contribution in [3.8, 4) is 5.75 Å². The van der Waals surface area contributed by atoms with Crippen LogP contribution in [0.4, 0.5) is 0 Å². The molecule has 0 aliphatic heterocycles. The van der Waals surface area contributed by atoms with E-state index in [0.717, 1.165) is 30.2 Å². The second-order valence-corrected chi connectivity index (χ2v) is 7.89. The lowest BCUT2D eigenvalue weighted by atomic mass is 10.00. The molecule has 0 aliphatic rings. The molecule has 0 amide bonds. The van der Waals surface area contributed by atoms with E-state index in [2.05, 4.69) is 6.92 Å². The average Bonchev–Trinajstić information content (AvgIpc) is 3.04. The van der Waals surface area contributed by atoms with E-state index in [-0.39, 0.29) is 12.4 Å². The number of carbonyl (C=O) groups is 2. The largest absolute Gasteiger partial charge is 0.497 e. The number of hydrogen-bond donors (Lipinski definition) is 0. The molecule has 0 spiro atoms. The van der Waals surface area contributed by atoms with Crippen LogP contribution >= 0.6 is 0 Å². The maximum atomic E-state index is 13.1. The van der Waals surface area contributed by atoms with Gasteiger partial charge in [0.25, 0.3) is 0 Å². The number of nitrogens with zero attached hydrogens (tertiary/aromatic N) is 1. The van der Waals surface area contributed by atoms with Crippen LogP contribution in [0, 0.1) is 0 Å². The molecule has 0 saturated carbocycles. The molecule has 0 fully saturated rings. The van der Waals surface area contributed by atoms with Gasteiger partial charge in [-0.1, -0.05) is 58.3 Å². The second kappa shape index (κ2) is 12.4. The van der Waals surface area contributed by atoms with Gasteiger partial charge in [0, 0.05) is 24.4 Å². The van der Waals surface area contributed by atoms with Gasteiger partial charge in [0.15, 0.2) is 5.78 Å². The highest BCUT2D eigenvalue weighted by Crippen LogP contribution is 2.31. The third kappa shape index (κ3) is 6.10. The fourth-order valence-corrected chi connectivity index (χ4v) is 3.99. The number of hydrogen-bond acceptors (Lipinski definition) is 4. The first-order valence-electron chi connectivity index (χ1n) is 11.4. The zero-order valence-electron chi connectivity index (χ0n) is 19.1. The smallest absolute Gasteiger partial charge is 0.355 e. The van der Waals surface area contributed by atoms with Crippen molar-refractivity contribution < 1.29 is 19.1 Å². The Hall–Kier alpha value is -2.30. The molecule has 1 aromatic heterocycles. The average molecular weight is 416 g/mol. The lowest BCUT2D eigenvalue weighted by Crippen LogP contribution is -2.14. The fourth-order valence-electron chi connectivity index (χ4n) is 3.99. The quantitative estimate of drug-likeness (QED) is 0.202. The Kier molecular flexibility index (Phi) is 9.92. The molecule has 0 aliphatic carbocycles. The predicted molar refractivity (Wildman–Crippen MR) is 122 cm³/mol. The van der Waals surface area contributed by atoms with E-state index in [9.17, 15) is 9.59 Å². The monoisotopic (exact) mass is 415 g/mol. The van der Waals surface area contributed by atoms with E-state index in [0.29, 0.717) is 23.4 Å². The van der Waals surface area contributed by atoms with Gasteiger partial charge in [-0.05, 0) is 31.5 Å². The highest BCUT2D eigenvalue weighted by Gasteiger charge is 2.26. The summed E-state index contributed by atoms with van der Waals surface area (Å²) < 4.78 is 12.3. The number of Topliss-reactive ketones (excluding diaryl/α,β-unsaturated/α-hetero) is 1. The van der Waals surface area contributed by atoms with Gasteiger partial charge in [-0.3, -0.25) is 4.79 Å². The highest BCUT2D eigenvalue weighted by atomic mass is 16.5. The molecule has 0 N–H and O–H groups in total. The normalized spacial score (nSPS) is 11.1. The summed E-state index contributed by atoms with van der Waals surface area (Å²) in [5.74, 6) is 0.214. The summed E-state index contributed by atoms with van der Waals surface area (Å²) in [5, 5.41) is 0.751. The van der Waals surface area contributed by atoms with E-state index in [4.69, 9.17) is 9.47 Å². The van der Waals surface area contributed by atoms with Crippen molar-refractivity contribution in [2.24, 2.45) is 7.05 Å². The number of ketones is 1. The first-order valence-corrected chi connectivity index (χ1v) is 11.4. The van der Waals surface area contributed by atoms with Crippen molar-refractivity contribution in [2.75, 3.05) is 13.7 Å². The van der Waals surface area contributed by atoms with Gasteiger partial charge in [-0.2, -0.15) is 0 Å². The van der Waals surface area contributed by atoms with E-state index in [1.165, 1.54) is 38.5 Å². The molecule has 0 atom stereocenters. The summed E-state index contributed by atoms with van der Waals surface area (Å²) in [7, 11) is 3.40. The van der Waals surface area contributed by atoms with Crippen LogP contribution in [0.5, 0.6) is 5.75 Å². The van der Waals surface area contributed by atoms with Gasteiger partial charge in [-0.25, -0.2) is 4.79 Å². The maximum absolute atomic E-state index is 13.1. The second-order valence-electron chi connectivity index (χ2n) is 7.89. The summed E-state index contributed by atoms with van der Waals surface area (Å²) >= 11 is 0. The van der Waals surface area contributed by atoms with E-state index >= 15 is 0 Å². The van der Waals surface area contributed by atoms with Crippen LogP contribution in [0.25, 0.3) is 10.9 Å². The number of aryl methyl sites for hydroxylation is 1. The summed E-state index contributed by atoms with van der Waals surface area (Å²) in [6.07, 6.45) is 11.2. The summed E-state index contributed by atoms with van der Waals surface area (Å²) in [5.41, 5.74) is 1.62. The zero-order valence-corrected chi connectivity index (χ0v) is 19.1. The number of aromatic nitrogens is 1. The number of rotatable bonds is 14. The zero-order chi connectivity index (χ0) is 21.9. The topological polar surface area (TPSA) is 57.5 Å².